The summed E-state index contributed by atoms with van der Waals surface area (Å²) in [5.74, 6) is -0.827. The second-order valence-electron chi connectivity index (χ2n) is 3.43. The Bertz CT molecular complexity index is 217. The van der Waals surface area contributed by atoms with Gasteiger partial charge in [0.25, 0.3) is 0 Å². The van der Waals surface area contributed by atoms with Gasteiger partial charge in [-0.05, 0) is 6.92 Å². The lowest BCUT2D eigenvalue weighted by molar-refractivity contribution is -0.163. The molecule has 14 heavy (non-hydrogen) atoms. The van der Waals surface area contributed by atoms with Crippen molar-refractivity contribution in [3.8, 4) is 0 Å². The number of piperazine rings is 1. The second-order valence-corrected chi connectivity index (χ2v) is 3.43. The van der Waals surface area contributed by atoms with Gasteiger partial charge in [0.15, 0.2) is 0 Å². The number of carbonyl (C=O) groups excluding carboxylic acids is 1. The smallest absolute Gasteiger partial charge is 0.337 e. The van der Waals surface area contributed by atoms with Crippen molar-refractivity contribution in [3.05, 3.63) is 0 Å². The van der Waals surface area contributed by atoms with E-state index in [2.05, 4.69) is 5.32 Å². The molecule has 0 bridgehead atoms. The molecule has 0 aromatic heterocycles. The summed E-state index contributed by atoms with van der Waals surface area (Å²) >= 11 is 0. The van der Waals surface area contributed by atoms with E-state index in [0.717, 1.165) is 0 Å². The van der Waals surface area contributed by atoms with E-state index in [-0.39, 0.29) is 6.04 Å². The van der Waals surface area contributed by atoms with Crippen molar-refractivity contribution in [1.82, 2.24) is 10.2 Å². The SMILES string of the molecule is C[C@H]1CNCCN1C(=O)CC(F)(F)F. The van der Waals surface area contributed by atoms with Gasteiger partial charge in [0.1, 0.15) is 6.42 Å². The maximum absolute atomic E-state index is 11.9. The predicted octanol–water partition coefficient (Wildman–Crippen LogP) is 0.759. The van der Waals surface area contributed by atoms with E-state index in [1.54, 1.807) is 6.92 Å². The van der Waals surface area contributed by atoms with Crippen LogP contribution in [-0.4, -0.2) is 42.7 Å². The molecule has 1 rings (SSSR count). The van der Waals surface area contributed by atoms with E-state index in [0.29, 0.717) is 19.6 Å². The zero-order chi connectivity index (χ0) is 10.8. The molecule has 1 heterocycles. The standard InChI is InChI=1S/C8H13F3N2O/c1-6-5-12-2-3-13(6)7(14)4-8(9,10)11/h6,12H,2-5H2,1H3/t6-/m0/s1. The van der Waals surface area contributed by atoms with Crippen LogP contribution in [0.2, 0.25) is 0 Å². The molecule has 1 saturated heterocycles. The van der Waals surface area contributed by atoms with E-state index >= 15 is 0 Å². The number of alkyl halides is 3. The normalized spacial score (nSPS) is 23.7. The highest BCUT2D eigenvalue weighted by atomic mass is 19.4. The molecule has 82 valence electrons. The minimum absolute atomic E-state index is 0.154. The van der Waals surface area contributed by atoms with Gasteiger partial charge in [-0.3, -0.25) is 4.79 Å². The average Bonchev–Trinajstić information content (AvgIpc) is 2.01. The zero-order valence-electron chi connectivity index (χ0n) is 7.90. The molecule has 0 aliphatic carbocycles. The van der Waals surface area contributed by atoms with Crippen molar-refractivity contribution < 1.29 is 18.0 Å². The zero-order valence-corrected chi connectivity index (χ0v) is 7.90. The lowest BCUT2D eigenvalue weighted by Crippen LogP contribution is -2.52. The summed E-state index contributed by atoms with van der Waals surface area (Å²) in [5.41, 5.74) is 0. The molecule has 1 aliphatic heterocycles. The van der Waals surface area contributed by atoms with Gasteiger partial charge in [-0.15, -0.1) is 0 Å². The highest BCUT2D eigenvalue weighted by Gasteiger charge is 2.35. The maximum atomic E-state index is 11.9. The molecule has 3 nitrogen and oxygen atoms in total. The number of nitrogens with zero attached hydrogens (tertiary/aromatic N) is 1. The van der Waals surface area contributed by atoms with Gasteiger partial charge in [-0.2, -0.15) is 13.2 Å². The first kappa shape index (κ1) is 11.3. The Morgan fingerprint density at radius 3 is 2.71 bits per heavy atom. The monoisotopic (exact) mass is 210 g/mol. The van der Waals surface area contributed by atoms with Crippen LogP contribution in [0.4, 0.5) is 13.2 Å². The van der Waals surface area contributed by atoms with Gasteiger partial charge in [-0.25, -0.2) is 0 Å². The lowest BCUT2D eigenvalue weighted by atomic mass is 10.2. The van der Waals surface area contributed by atoms with Gasteiger partial charge in [0.05, 0.1) is 0 Å². The van der Waals surface area contributed by atoms with Crippen LogP contribution in [0.5, 0.6) is 0 Å². The molecule has 0 aromatic rings. The number of carbonyl (C=O) groups is 1. The Hall–Kier alpha value is -0.780. The minimum atomic E-state index is -4.40. The van der Waals surface area contributed by atoms with Crippen LogP contribution in [0.15, 0.2) is 0 Å². The quantitative estimate of drug-likeness (QED) is 0.693. The van der Waals surface area contributed by atoms with Gasteiger partial charge in [0.2, 0.25) is 5.91 Å². The molecule has 0 unspecified atom stereocenters. The Balaban J connectivity index is 2.50. The van der Waals surface area contributed by atoms with Gasteiger partial charge in [0, 0.05) is 25.7 Å². The molecule has 6 heteroatoms. The summed E-state index contributed by atoms with van der Waals surface area (Å²) in [6, 6.07) is -0.154. The number of amides is 1. The number of hydrogen-bond acceptors (Lipinski definition) is 2. The topological polar surface area (TPSA) is 32.3 Å². The molecule has 1 N–H and O–H groups in total. The third-order valence-corrected chi connectivity index (χ3v) is 2.17. The van der Waals surface area contributed by atoms with Gasteiger partial charge in [-0.1, -0.05) is 0 Å². The molecule has 0 aromatic carbocycles. The molecule has 1 fully saturated rings. The summed E-state index contributed by atoms with van der Waals surface area (Å²) in [6.07, 6.45) is -5.75. The molecule has 0 radical (unpaired) electrons. The summed E-state index contributed by atoms with van der Waals surface area (Å²) in [4.78, 5) is 12.5. The fraction of sp³-hybridized carbons (Fsp3) is 0.875. The Morgan fingerprint density at radius 2 is 2.21 bits per heavy atom. The van der Waals surface area contributed by atoms with Crippen molar-refractivity contribution in [2.75, 3.05) is 19.6 Å². The number of nitrogens with one attached hydrogen (secondary N) is 1. The molecule has 1 amide bonds. The van der Waals surface area contributed by atoms with Crippen molar-refractivity contribution in [1.29, 1.82) is 0 Å². The fourth-order valence-electron chi connectivity index (χ4n) is 1.48. The predicted molar refractivity (Wildman–Crippen MR) is 44.7 cm³/mol. The summed E-state index contributed by atoms with van der Waals surface area (Å²) in [5, 5.41) is 3.01. The summed E-state index contributed by atoms with van der Waals surface area (Å²) in [6.45, 7) is 3.22. The minimum Gasteiger partial charge on any atom is -0.337 e. The third-order valence-electron chi connectivity index (χ3n) is 2.17. The van der Waals surface area contributed by atoms with Crippen LogP contribution in [0.3, 0.4) is 0 Å². The van der Waals surface area contributed by atoms with Crippen molar-refractivity contribution in [2.45, 2.75) is 25.6 Å². The number of halogens is 3. The molecule has 1 aliphatic rings. The van der Waals surface area contributed by atoms with E-state index in [9.17, 15) is 18.0 Å². The van der Waals surface area contributed by atoms with Gasteiger partial charge < -0.3 is 10.2 Å². The maximum Gasteiger partial charge on any atom is 0.397 e. The highest BCUT2D eigenvalue weighted by molar-refractivity contribution is 5.77. The number of hydrogen-bond donors (Lipinski definition) is 1. The molecule has 1 atom stereocenters. The van der Waals surface area contributed by atoms with Crippen LogP contribution in [-0.2, 0) is 4.79 Å². The first-order valence-corrected chi connectivity index (χ1v) is 4.47. The average molecular weight is 210 g/mol. The molecular weight excluding hydrogens is 197 g/mol. The first-order valence-electron chi connectivity index (χ1n) is 4.47. The van der Waals surface area contributed by atoms with E-state index < -0.39 is 18.5 Å². The Kier molecular flexibility index (Phi) is 3.36. The van der Waals surface area contributed by atoms with Crippen LogP contribution < -0.4 is 5.32 Å². The molecular formula is C8H13F3N2O. The Morgan fingerprint density at radius 1 is 1.57 bits per heavy atom. The van der Waals surface area contributed by atoms with E-state index in [1.807, 2.05) is 0 Å². The second kappa shape index (κ2) is 4.16. The molecule has 0 saturated carbocycles. The van der Waals surface area contributed by atoms with Crippen molar-refractivity contribution in [2.24, 2.45) is 0 Å². The molecule has 0 spiro atoms. The van der Waals surface area contributed by atoms with Crippen LogP contribution in [0, 0.1) is 0 Å². The highest BCUT2D eigenvalue weighted by Crippen LogP contribution is 2.21. The fourth-order valence-corrected chi connectivity index (χ4v) is 1.48. The van der Waals surface area contributed by atoms with E-state index in [1.165, 1.54) is 4.90 Å². The van der Waals surface area contributed by atoms with Gasteiger partial charge >= 0.3 is 6.18 Å². The third kappa shape index (κ3) is 3.17. The van der Waals surface area contributed by atoms with Crippen molar-refractivity contribution >= 4 is 5.91 Å². The first-order chi connectivity index (χ1) is 6.40. The number of rotatable bonds is 1. The van der Waals surface area contributed by atoms with Crippen LogP contribution in [0.25, 0.3) is 0 Å². The van der Waals surface area contributed by atoms with Crippen LogP contribution in [0.1, 0.15) is 13.3 Å². The summed E-state index contributed by atoms with van der Waals surface area (Å²) < 4.78 is 35.8. The lowest BCUT2D eigenvalue weighted by Gasteiger charge is -2.34. The Labute approximate surface area is 80.3 Å². The summed E-state index contributed by atoms with van der Waals surface area (Å²) in [7, 11) is 0. The largest absolute Gasteiger partial charge is 0.397 e. The van der Waals surface area contributed by atoms with E-state index in [4.69, 9.17) is 0 Å². The van der Waals surface area contributed by atoms with Crippen LogP contribution >= 0.6 is 0 Å². The van der Waals surface area contributed by atoms with Crippen molar-refractivity contribution in [3.63, 3.8) is 0 Å².